The lowest BCUT2D eigenvalue weighted by molar-refractivity contribution is 0.471. The molecule has 0 saturated carbocycles. The molecule has 3 aromatic heterocycles. The fourth-order valence-electron chi connectivity index (χ4n) is 3.42. The molecule has 8 nitrogen and oxygen atoms in total. The SMILES string of the molecule is CNc1ncc(C(C)(C)N)c2cc(Nc3ccnc(N4CC[C@@H]4C)n3)ncc12. The first-order valence-corrected chi connectivity index (χ1v) is 9.49. The van der Waals surface area contributed by atoms with Crippen molar-refractivity contribution in [3.63, 3.8) is 0 Å². The summed E-state index contributed by atoms with van der Waals surface area (Å²) in [5, 5.41) is 8.36. The van der Waals surface area contributed by atoms with Crippen molar-refractivity contribution in [2.75, 3.05) is 29.1 Å². The normalized spacial score (nSPS) is 16.8. The van der Waals surface area contributed by atoms with E-state index in [0.29, 0.717) is 17.7 Å². The maximum Gasteiger partial charge on any atom is 0.227 e. The van der Waals surface area contributed by atoms with E-state index in [2.05, 4.69) is 42.4 Å². The molecule has 8 heteroatoms. The minimum Gasteiger partial charge on any atom is -0.373 e. The Hall–Kier alpha value is -3.00. The summed E-state index contributed by atoms with van der Waals surface area (Å²) in [6.07, 6.45) is 6.58. The van der Waals surface area contributed by atoms with Gasteiger partial charge in [0.25, 0.3) is 0 Å². The van der Waals surface area contributed by atoms with Gasteiger partial charge in [0.05, 0.1) is 0 Å². The third-order valence-electron chi connectivity index (χ3n) is 5.18. The zero-order valence-corrected chi connectivity index (χ0v) is 16.7. The van der Waals surface area contributed by atoms with Crippen LogP contribution < -0.4 is 21.3 Å². The number of fused-ring (bicyclic) bond motifs is 1. The van der Waals surface area contributed by atoms with E-state index in [1.807, 2.05) is 45.4 Å². The molecule has 1 fully saturated rings. The molecule has 1 aliphatic heterocycles. The lowest BCUT2D eigenvalue weighted by Crippen LogP contribution is -2.46. The number of rotatable bonds is 5. The van der Waals surface area contributed by atoms with Crippen LogP contribution in [0, 0.1) is 0 Å². The van der Waals surface area contributed by atoms with Gasteiger partial charge in [-0.25, -0.2) is 15.0 Å². The van der Waals surface area contributed by atoms with Gasteiger partial charge in [0, 0.05) is 49.1 Å². The van der Waals surface area contributed by atoms with E-state index in [9.17, 15) is 0 Å². The van der Waals surface area contributed by atoms with Crippen LogP contribution in [0.3, 0.4) is 0 Å². The van der Waals surface area contributed by atoms with Crippen molar-refractivity contribution in [1.82, 2.24) is 19.9 Å². The maximum absolute atomic E-state index is 6.38. The van der Waals surface area contributed by atoms with Crippen LogP contribution in [0.1, 0.15) is 32.8 Å². The van der Waals surface area contributed by atoms with Gasteiger partial charge in [-0.05, 0) is 50.3 Å². The van der Waals surface area contributed by atoms with Crippen molar-refractivity contribution >= 4 is 34.2 Å². The van der Waals surface area contributed by atoms with Gasteiger partial charge in [0.15, 0.2) is 0 Å². The van der Waals surface area contributed by atoms with Gasteiger partial charge in [0.2, 0.25) is 5.95 Å². The van der Waals surface area contributed by atoms with Crippen molar-refractivity contribution in [2.24, 2.45) is 5.73 Å². The van der Waals surface area contributed by atoms with Gasteiger partial charge in [-0.3, -0.25) is 0 Å². The predicted molar refractivity (Wildman–Crippen MR) is 113 cm³/mol. The highest BCUT2D eigenvalue weighted by molar-refractivity contribution is 5.95. The van der Waals surface area contributed by atoms with Gasteiger partial charge in [-0.15, -0.1) is 0 Å². The molecule has 1 aliphatic rings. The second-order valence-corrected chi connectivity index (χ2v) is 7.81. The number of pyridine rings is 2. The van der Waals surface area contributed by atoms with Crippen LogP contribution >= 0.6 is 0 Å². The summed E-state index contributed by atoms with van der Waals surface area (Å²) in [6, 6.07) is 4.32. The molecule has 0 aliphatic carbocycles. The Labute approximate surface area is 164 Å². The standard InChI is InChI=1S/C20H26N8/c1-12-6-8-28(12)19-23-7-5-16(27-19)26-17-9-13-14(10-24-17)18(22-4)25-11-15(13)20(2,3)21/h5,7,9-12H,6,8,21H2,1-4H3,(H,22,25)(H,23,24,26,27)/t12-/m0/s1. The fourth-order valence-corrected chi connectivity index (χ4v) is 3.42. The Kier molecular flexibility index (Phi) is 4.50. The zero-order valence-electron chi connectivity index (χ0n) is 16.7. The van der Waals surface area contributed by atoms with Crippen LogP contribution in [-0.4, -0.2) is 39.6 Å². The Morgan fingerprint density at radius 2 is 1.96 bits per heavy atom. The molecule has 4 heterocycles. The number of nitrogens with one attached hydrogen (secondary N) is 2. The second kappa shape index (κ2) is 6.87. The van der Waals surface area contributed by atoms with Gasteiger partial charge >= 0.3 is 0 Å². The van der Waals surface area contributed by atoms with Crippen LogP contribution in [0.2, 0.25) is 0 Å². The molecule has 146 valence electrons. The molecule has 4 rings (SSSR count). The van der Waals surface area contributed by atoms with E-state index in [4.69, 9.17) is 5.73 Å². The summed E-state index contributed by atoms with van der Waals surface area (Å²) in [4.78, 5) is 20.3. The molecule has 3 aromatic rings. The van der Waals surface area contributed by atoms with Crippen LogP contribution in [0.25, 0.3) is 10.8 Å². The van der Waals surface area contributed by atoms with Crippen molar-refractivity contribution in [1.29, 1.82) is 0 Å². The topological polar surface area (TPSA) is 105 Å². The Bertz CT molecular complexity index is 1010. The first kappa shape index (κ1) is 18.4. The van der Waals surface area contributed by atoms with Crippen LogP contribution in [0.4, 0.5) is 23.4 Å². The van der Waals surface area contributed by atoms with Gasteiger partial charge in [-0.2, -0.15) is 4.98 Å². The average molecular weight is 378 g/mol. The quantitative estimate of drug-likeness (QED) is 0.622. The first-order chi connectivity index (χ1) is 13.4. The third-order valence-corrected chi connectivity index (χ3v) is 5.18. The highest BCUT2D eigenvalue weighted by Gasteiger charge is 2.26. The van der Waals surface area contributed by atoms with Gasteiger partial charge in [0.1, 0.15) is 17.5 Å². The molecule has 4 N–H and O–H groups in total. The highest BCUT2D eigenvalue weighted by atomic mass is 15.3. The molecular weight excluding hydrogens is 352 g/mol. The van der Waals surface area contributed by atoms with Crippen molar-refractivity contribution in [2.45, 2.75) is 38.8 Å². The summed E-state index contributed by atoms with van der Waals surface area (Å²) in [7, 11) is 1.85. The van der Waals surface area contributed by atoms with E-state index in [-0.39, 0.29) is 0 Å². The molecule has 28 heavy (non-hydrogen) atoms. The molecule has 1 atom stereocenters. The monoisotopic (exact) mass is 378 g/mol. The van der Waals surface area contributed by atoms with Crippen molar-refractivity contribution in [3.05, 3.63) is 36.3 Å². The molecule has 0 aromatic carbocycles. The van der Waals surface area contributed by atoms with Crippen LogP contribution in [0.15, 0.2) is 30.7 Å². The average Bonchev–Trinajstić information content (AvgIpc) is 2.65. The summed E-state index contributed by atoms with van der Waals surface area (Å²) in [5.74, 6) is 2.94. The number of hydrogen-bond acceptors (Lipinski definition) is 8. The smallest absolute Gasteiger partial charge is 0.227 e. The third kappa shape index (κ3) is 3.31. The van der Waals surface area contributed by atoms with E-state index in [1.165, 1.54) is 6.42 Å². The second-order valence-electron chi connectivity index (χ2n) is 7.81. The largest absolute Gasteiger partial charge is 0.373 e. The van der Waals surface area contributed by atoms with Crippen LogP contribution in [0.5, 0.6) is 0 Å². The Morgan fingerprint density at radius 3 is 2.61 bits per heavy atom. The van der Waals surface area contributed by atoms with E-state index < -0.39 is 5.54 Å². The molecular formula is C20H26N8. The van der Waals surface area contributed by atoms with Crippen molar-refractivity contribution in [3.8, 4) is 0 Å². The minimum atomic E-state index is -0.522. The number of nitrogens with two attached hydrogens (primary N) is 1. The number of aromatic nitrogens is 4. The van der Waals surface area contributed by atoms with Crippen LogP contribution in [-0.2, 0) is 5.54 Å². The first-order valence-electron chi connectivity index (χ1n) is 9.49. The van der Waals surface area contributed by atoms with E-state index in [0.717, 1.165) is 34.6 Å². The van der Waals surface area contributed by atoms with E-state index >= 15 is 0 Å². The molecule has 0 spiro atoms. The molecule has 0 bridgehead atoms. The molecule has 0 unspecified atom stereocenters. The van der Waals surface area contributed by atoms with E-state index in [1.54, 1.807) is 6.20 Å². The molecule has 0 amide bonds. The summed E-state index contributed by atoms with van der Waals surface area (Å²) in [5.41, 5.74) is 6.82. The maximum atomic E-state index is 6.38. The van der Waals surface area contributed by atoms with Gasteiger partial charge < -0.3 is 21.3 Å². The van der Waals surface area contributed by atoms with Gasteiger partial charge in [-0.1, -0.05) is 0 Å². The lowest BCUT2D eigenvalue weighted by atomic mass is 9.93. The highest BCUT2D eigenvalue weighted by Crippen LogP contribution is 2.31. The van der Waals surface area contributed by atoms with Crippen molar-refractivity contribution < 1.29 is 0 Å². The minimum absolute atomic E-state index is 0.482. The summed E-state index contributed by atoms with van der Waals surface area (Å²) < 4.78 is 0. The zero-order chi connectivity index (χ0) is 19.9. The lowest BCUT2D eigenvalue weighted by Gasteiger charge is -2.38. The summed E-state index contributed by atoms with van der Waals surface area (Å²) in [6.45, 7) is 7.12. The number of nitrogens with zero attached hydrogens (tertiary/aromatic N) is 5. The number of hydrogen-bond donors (Lipinski definition) is 3. The summed E-state index contributed by atoms with van der Waals surface area (Å²) >= 11 is 0. The molecule has 0 radical (unpaired) electrons. The Morgan fingerprint density at radius 1 is 1.14 bits per heavy atom. The number of anilines is 4. The molecule has 1 saturated heterocycles. The fraction of sp³-hybridized carbons (Fsp3) is 0.400. The Balaban J connectivity index is 1.71. The predicted octanol–water partition coefficient (Wildman–Crippen LogP) is 3.00.